The van der Waals surface area contributed by atoms with Crippen molar-refractivity contribution in [2.24, 2.45) is 4.99 Å². The molecule has 0 radical (unpaired) electrons. The van der Waals surface area contributed by atoms with Crippen LogP contribution in [0.1, 0.15) is 44.6 Å². The minimum Gasteiger partial charge on any atom is -0.355 e. The summed E-state index contributed by atoms with van der Waals surface area (Å²) >= 11 is 6.09. The highest BCUT2D eigenvalue weighted by molar-refractivity contribution is 6.30. The van der Waals surface area contributed by atoms with E-state index in [-0.39, 0.29) is 6.04 Å². The van der Waals surface area contributed by atoms with Crippen molar-refractivity contribution in [1.82, 2.24) is 25.4 Å². The summed E-state index contributed by atoms with van der Waals surface area (Å²) in [7, 11) is 0. The molecule has 0 aliphatic rings. The van der Waals surface area contributed by atoms with Crippen LogP contribution in [0.5, 0.6) is 0 Å². The van der Waals surface area contributed by atoms with Crippen LogP contribution in [0.2, 0.25) is 5.02 Å². The molecule has 0 saturated carbocycles. The normalized spacial score (nSPS) is 12.9. The molecule has 0 bridgehead atoms. The molecule has 1 aromatic heterocycles. The van der Waals surface area contributed by atoms with Crippen LogP contribution in [0.3, 0.4) is 0 Å². The lowest BCUT2D eigenvalue weighted by atomic mass is 10.1. The van der Waals surface area contributed by atoms with Crippen molar-refractivity contribution >= 4 is 17.6 Å². The number of halogens is 1. The summed E-state index contributed by atoms with van der Waals surface area (Å²) in [5.41, 5.74) is 1.13. The molecule has 6 nitrogen and oxygen atoms in total. The topological polar surface area (TPSA) is 67.1 Å². The van der Waals surface area contributed by atoms with Crippen LogP contribution in [-0.4, -0.2) is 33.8 Å². The van der Waals surface area contributed by atoms with E-state index in [4.69, 9.17) is 11.6 Å². The van der Waals surface area contributed by atoms with Crippen molar-refractivity contribution in [3.63, 3.8) is 0 Å². The standard InChI is InChI=1S/C18H27ClN6/c1-4-9-20-18(21-10-11-25-13-22-24-17(25)5-2)23-14(3)15-7-6-8-16(19)12-15/h6-8,12-14H,4-5,9-11H2,1-3H3,(H2,20,21,23). The second-order valence-corrected chi connectivity index (χ2v) is 6.31. The largest absolute Gasteiger partial charge is 0.355 e. The molecule has 25 heavy (non-hydrogen) atoms. The Morgan fingerprint density at radius 1 is 1.36 bits per heavy atom. The average molecular weight is 363 g/mol. The van der Waals surface area contributed by atoms with Gasteiger partial charge < -0.3 is 15.2 Å². The van der Waals surface area contributed by atoms with Gasteiger partial charge in [0.1, 0.15) is 12.2 Å². The molecule has 1 atom stereocenters. The van der Waals surface area contributed by atoms with Gasteiger partial charge in [-0.05, 0) is 31.0 Å². The number of hydrogen-bond acceptors (Lipinski definition) is 3. The van der Waals surface area contributed by atoms with Crippen LogP contribution in [-0.2, 0) is 13.0 Å². The molecule has 136 valence electrons. The van der Waals surface area contributed by atoms with Gasteiger partial charge in [-0.3, -0.25) is 4.99 Å². The summed E-state index contributed by atoms with van der Waals surface area (Å²) in [6.07, 6.45) is 3.65. The Labute approximate surface area is 154 Å². The van der Waals surface area contributed by atoms with Gasteiger partial charge >= 0.3 is 0 Å². The first-order valence-electron chi connectivity index (χ1n) is 8.81. The molecule has 0 saturated heterocycles. The van der Waals surface area contributed by atoms with Crippen molar-refractivity contribution in [1.29, 1.82) is 0 Å². The van der Waals surface area contributed by atoms with Crippen molar-refractivity contribution < 1.29 is 0 Å². The second kappa shape index (κ2) is 10.0. The summed E-state index contributed by atoms with van der Waals surface area (Å²) in [5, 5.41) is 15.6. The number of aliphatic imine (C=N–C) groups is 1. The number of nitrogens with one attached hydrogen (secondary N) is 2. The zero-order valence-corrected chi connectivity index (χ0v) is 15.9. The number of aryl methyl sites for hydroxylation is 1. The Balaban J connectivity index is 1.94. The number of nitrogens with zero attached hydrogens (tertiary/aromatic N) is 4. The summed E-state index contributed by atoms with van der Waals surface area (Å²) in [5.74, 6) is 1.80. The second-order valence-electron chi connectivity index (χ2n) is 5.87. The lowest BCUT2D eigenvalue weighted by Crippen LogP contribution is -2.40. The first-order valence-corrected chi connectivity index (χ1v) is 9.18. The van der Waals surface area contributed by atoms with Crippen molar-refractivity contribution in [3.8, 4) is 0 Å². The van der Waals surface area contributed by atoms with E-state index in [9.17, 15) is 0 Å². The molecule has 0 spiro atoms. The molecular weight excluding hydrogens is 336 g/mol. The minimum absolute atomic E-state index is 0.114. The fraction of sp³-hybridized carbons (Fsp3) is 0.500. The third-order valence-electron chi connectivity index (χ3n) is 3.85. The number of benzene rings is 1. The predicted octanol–water partition coefficient (Wildman–Crippen LogP) is 3.20. The molecule has 1 heterocycles. The van der Waals surface area contributed by atoms with E-state index in [2.05, 4.69) is 57.2 Å². The van der Waals surface area contributed by atoms with E-state index in [1.807, 2.05) is 18.2 Å². The lowest BCUT2D eigenvalue weighted by Gasteiger charge is -2.19. The molecule has 1 aromatic carbocycles. The highest BCUT2D eigenvalue weighted by atomic mass is 35.5. The van der Waals surface area contributed by atoms with Gasteiger partial charge in [-0.15, -0.1) is 10.2 Å². The van der Waals surface area contributed by atoms with Gasteiger partial charge in [-0.25, -0.2) is 0 Å². The van der Waals surface area contributed by atoms with Gasteiger partial charge in [0, 0.05) is 31.1 Å². The number of hydrogen-bond donors (Lipinski definition) is 2. The maximum absolute atomic E-state index is 6.09. The van der Waals surface area contributed by atoms with Gasteiger partial charge in [-0.2, -0.15) is 0 Å². The van der Waals surface area contributed by atoms with Gasteiger partial charge in [0.15, 0.2) is 5.96 Å². The Morgan fingerprint density at radius 2 is 2.20 bits per heavy atom. The molecule has 0 amide bonds. The third-order valence-corrected chi connectivity index (χ3v) is 4.09. The van der Waals surface area contributed by atoms with Crippen LogP contribution < -0.4 is 10.6 Å². The minimum atomic E-state index is 0.114. The molecule has 7 heteroatoms. The summed E-state index contributed by atoms with van der Waals surface area (Å²) in [6, 6.07) is 7.99. The highest BCUT2D eigenvalue weighted by Crippen LogP contribution is 2.17. The van der Waals surface area contributed by atoms with E-state index in [0.29, 0.717) is 0 Å². The lowest BCUT2D eigenvalue weighted by molar-refractivity contribution is 0.618. The molecule has 0 aliphatic heterocycles. The quantitative estimate of drug-likeness (QED) is 0.559. The summed E-state index contributed by atoms with van der Waals surface area (Å²) in [6.45, 7) is 8.63. The summed E-state index contributed by atoms with van der Waals surface area (Å²) < 4.78 is 2.06. The predicted molar refractivity (Wildman–Crippen MR) is 103 cm³/mol. The van der Waals surface area contributed by atoms with E-state index in [1.54, 1.807) is 6.33 Å². The van der Waals surface area contributed by atoms with Crippen LogP contribution >= 0.6 is 11.6 Å². The third kappa shape index (κ3) is 6.05. The zero-order chi connectivity index (χ0) is 18.1. The van der Waals surface area contributed by atoms with Crippen LogP contribution in [0.4, 0.5) is 0 Å². The van der Waals surface area contributed by atoms with Crippen molar-refractivity contribution in [2.45, 2.75) is 46.2 Å². The number of rotatable bonds is 8. The fourth-order valence-corrected chi connectivity index (χ4v) is 2.67. The van der Waals surface area contributed by atoms with E-state index >= 15 is 0 Å². The van der Waals surface area contributed by atoms with E-state index in [0.717, 1.165) is 54.8 Å². The Kier molecular flexibility index (Phi) is 7.73. The zero-order valence-electron chi connectivity index (χ0n) is 15.2. The fourth-order valence-electron chi connectivity index (χ4n) is 2.47. The van der Waals surface area contributed by atoms with Crippen LogP contribution in [0.25, 0.3) is 0 Å². The molecule has 2 N–H and O–H groups in total. The smallest absolute Gasteiger partial charge is 0.191 e. The van der Waals surface area contributed by atoms with E-state index < -0.39 is 0 Å². The van der Waals surface area contributed by atoms with Gasteiger partial charge in [0.25, 0.3) is 0 Å². The molecule has 0 fully saturated rings. The van der Waals surface area contributed by atoms with Gasteiger partial charge in [0.05, 0.1) is 6.04 Å². The number of aromatic nitrogens is 3. The molecule has 1 unspecified atom stereocenters. The first-order chi connectivity index (χ1) is 12.1. The molecule has 2 rings (SSSR count). The maximum atomic E-state index is 6.09. The number of guanidine groups is 1. The average Bonchev–Trinajstić information content (AvgIpc) is 3.07. The Hall–Kier alpha value is -2.08. The molecule has 2 aromatic rings. The van der Waals surface area contributed by atoms with Crippen molar-refractivity contribution in [3.05, 3.63) is 47.0 Å². The Bertz CT molecular complexity index is 682. The first kappa shape index (κ1) is 19.2. The molecular formula is C18H27ClN6. The Morgan fingerprint density at radius 3 is 2.92 bits per heavy atom. The van der Waals surface area contributed by atoms with E-state index in [1.165, 1.54) is 0 Å². The van der Waals surface area contributed by atoms with Crippen LogP contribution in [0, 0.1) is 0 Å². The summed E-state index contributed by atoms with van der Waals surface area (Å²) in [4.78, 5) is 4.61. The van der Waals surface area contributed by atoms with Crippen LogP contribution in [0.15, 0.2) is 35.6 Å². The van der Waals surface area contributed by atoms with Gasteiger partial charge in [0.2, 0.25) is 0 Å². The highest BCUT2D eigenvalue weighted by Gasteiger charge is 2.09. The monoisotopic (exact) mass is 362 g/mol. The SMILES string of the molecule is CCCN=C(NCCn1cnnc1CC)NC(C)c1cccc(Cl)c1. The van der Waals surface area contributed by atoms with Crippen molar-refractivity contribution in [2.75, 3.05) is 13.1 Å². The molecule has 0 aliphatic carbocycles. The maximum Gasteiger partial charge on any atom is 0.191 e. The van der Waals surface area contributed by atoms with Gasteiger partial charge in [-0.1, -0.05) is 37.6 Å².